The minimum absolute atomic E-state index is 0.0718. The molecule has 1 aliphatic heterocycles. The predicted octanol–water partition coefficient (Wildman–Crippen LogP) is 2.70. The molecule has 0 bridgehead atoms. The summed E-state index contributed by atoms with van der Waals surface area (Å²) in [4.78, 5) is 4.04. The summed E-state index contributed by atoms with van der Waals surface area (Å²) in [5.41, 5.74) is 0.558. The molecule has 2 heterocycles. The molecular weight excluding hydrogens is 224 g/mol. The van der Waals surface area contributed by atoms with Gasteiger partial charge in [0, 0.05) is 11.6 Å². The fraction of sp³-hybridized carbons (Fsp3) is 0. The van der Waals surface area contributed by atoms with Crippen molar-refractivity contribution in [2.24, 2.45) is 0 Å². The molecule has 0 fully saturated rings. The topological polar surface area (TPSA) is 77.1 Å². The van der Waals surface area contributed by atoms with Crippen LogP contribution in [0.25, 0.3) is 6.08 Å². The lowest BCUT2D eigenvalue weighted by Crippen LogP contribution is -1.96. The van der Waals surface area contributed by atoms with Crippen molar-refractivity contribution in [2.75, 3.05) is 0 Å². The maximum Gasteiger partial charge on any atom is 0.109 e. The van der Waals surface area contributed by atoms with Crippen LogP contribution in [0, 0.1) is 11.3 Å². The Morgan fingerprint density at radius 2 is 2.21 bits per heavy atom. The van der Waals surface area contributed by atoms with Gasteiger partial charge in [0.05, 0.1) is 16.3 Å². The van der Waals surface area contributed by atoms with E-state index in [2.05, 4.69) is 4.98 Å². The maximum atomic E-state index is 9.57. The Kier molecular flexibility index (Phi) is 2.01. The largest absolute Gasteiger partial charge is 0.291 e. The molecule has 0 spiro atoms. The molecule has 2 rings (SSSR count). The molecular formula is C8H5ClN2O2S. The summed E-state index contributed by atoms with van der Waals surface area (Å²) in [5, 5.41) is 9.99. The van der Waals surface area contributed by atoms with Gasteiger partial charge in [-0.2, -0.15) is 5.26 Å². The van der Waals surface area contributed by atoms with Crippen molar-refractivity contribution in [3.63, 3.8) is 0 Å². The number of nitriles is 1. The van der Waals surface area contributed by atoms with Crippen LogP contribution in [0.5, 0.6) is 0 Å². The number of halogens is 1. The standard InChI is InChI=1S/C8H5ClN2O2S/c9-7-5(3-10)4-11-6-1-2-14(12,13)8(6)7/h1-2,4,12-13H. The van der Waals surface area contributed by atoms with Crippen molar-refractivity contribution in [2.45, 2.75) is 4.90 Å². The summed E-state index contributed by atoms with van der Waals surface area (Å²) >= 11 is 5.84. The Labute approximate surface area is 86.8 Å². The van der Waals surface area contributed by atoms with Crippen LogP contribution in [-0.2, 0) is 0 Å². The smallest absolute Gasteiger partial charge is 0.109 e. The summed E-state index contributed by atoms with van der Waals surface area (Å²) < 4.78 is 19.1. The predicted molar refractivity (Wildman–Crippen MR) is 54.1 cm³/mol. The van der Waals surface area contributed by atoms with Crippen molar-refractivity contribution in [3.8, 4) is 6.07 Å². The molecule has 0 saturated carbocycles. The average Bonchev–Trinajstić information content (AvgIpc) is 2.43. The van der Waals surface area contributed by atoms with Gasteiger partial charge in [0.25, 0.3) is 0 Å². The lowest BCUT2D eigenvalue weighted by molar-refractivity contribution is 0.500. The van der Waals surface area contributed by atoms with Crippen LogP contribution in [0.2, 0.25) is 5.02 Å². The van der Waals surface area contributed by atoms with E-state index in [0.717, 1.165) is 0 Å². The average molecular weight is 229 g/mol. The highest BCUT2D eigenvalue weighted by Gasteiger charge is 2.27. The first-order chi connectivity index (χ1) is 6.56. The third-order valence-corrected chi connectivity index (χ3v) is 3.87. The highest BCUT2D eigenvalue weighted by atomic mass is 35.5. The van der Waals surface area contributed by atoms with Crippen LogP contribution < -0.4 is 0 Å². The lowest BCUT2D eigenvalue weighted by atomic mass is 10.2. The summed E-state index contributed by atoms with van der Waals surface area (Å²) in [7, 11) is -2.99. The van der Waals surface area contributed by atoms with Crippen molar-refractivity contribution >= 4 is 28.3 Å². The highest BCUT2D eigenvalue weighted by Crippen LogP contribution is 2.58. The minimum atomic E-state index is -2.99. The summed E-state index contributed by atoms with van der Waals surface area (Å²) in [6, 6.07) is 1.83. The van der Waals surface area contributed by atoms with Crippen LogP contribution in [0.4, 0.5) is 0 Å². The second kappa shape index (κ2) is 2.97. The molecule has 0 atom stereocenters. The van der Waals surface area contributed by atoms with Crippen LogP contribution in [-0.4, -0.2) is 14.1 Å². The first-order valence-electron chi connectivity index (χ1n) is 3.61. The monoisotopic (exact) mass is 228 g/mol. The van der Waals surface area contributed by atoms with E-state index in [9.17, 15) is 9.11 Å². The number of nitrogens with zero attached hydrogens (tertiary/aromatic N) is 2. The molecule has 4 nitrogen and oxygen atoms in total. The van der Waals surface area contributed by atoms with Crippen molar-refractivity contribution in [3.05, 3.63) is 27.9 Å². The van der Waals surface area contributed by atoms with Gasteiger partial charge in [-0.25, -0.2) is 0 Å². The molecule has 6 heteroatoms. The van der Waals surface area contributed by atoms with Crippen LogP contribution in [0.3, 0.4) is 0 Å². The number of pyridine rings is 1. The van der Waals surface area contributed by atoms with Gasteiger partial charge in [0.15, 0.2) is 0 Å². The molecule has 1 aliphatic rings. The van der Waals surface area contributed by atoms with E-state index < -0.39 is 10.6 Å². The minimum Gasteiger partial charge on any atom is -0.291 e. The van der Waals surface area contributed by atoms with E-state index in [1.165, 1.54) is 17.7 Å². The molecule has 14 heavy (non-hydrogen) atoms. The van der Waals surface area contributed by atoms with Gasteiger partial charge < -0.3 is 0 Å². The second-order valence-corrected chi connectivity index (χ2v) is 4.95. The zero-order valence-electron chi connectivity index (χ0n) is 6.81. The molecule has 0 aromatic carbocycles. The number of hydrogen-bond acceptors (Lipinski definition) is 4. The van der Waals surface area contributed by atoms with E-state index in [4.69, 9.17) is 16.9 Å². The zero-order valence-corrected chi connectivity index (χ0v) is 8.38. The quantitative estimate of drug-likeness (QED) is 0.716. The van der Waals surface area contributed by atoms with E-state index in [1.54, 1.807) is 0 Å². The number of hydrogen-bond donors (Lipinski definition) is 2. The van der Waals surface area contributed by atoms with E-state index in [0.29, 0.717) is 5.69 Å². The van der Waals surface area contributed by atoms with Gasteiger partial charge in [-0.15, -0.1) is 10.6 Å². The molecule has 1 aromatic heterocycles. The second-order valence-electron chi connectivity index (χ2n) is 2.71. The first kappa shape index (κ1) is 9.49. The van der Waals surface area contributed by atoms with Crippen LogP contribution >= 0.6 is 22.2 Å². The Morgan fingerprint density at radius 1 is 1.50 bits per heavy atom. The Bertz CT molecular complexity index is 479. The first-order valence-corrected chi connectivity index (χ1v) is 5.60. The normalized spacial score (nSPS) is 18.7. The van der Waals surface area contributed by atoms with Crippen molar-refractivity contribution in [1.29, 1.82) is 5.26 Å². The Hall–Kier alpha value is -1.06. The molecule has 1 aromatic rings. The molecule has 0 radical (unpaired) electrons. The van der Waals surface area contributed by atoms with Gasteiger partial charge in [0.2, 0.25) is 0 Å². The van der Waals surface area contributed by atoms with E-state index in [-0.39, 0.29) is 15.5 Å². The molecule has 72 valence electrons. The summed E-state index contributed by atoms with van der Waals surface area (Å²) in [5.74, 6) is 0. The van der Waals surface area contributed by atoms with Gasteiger partial charge in [-0.1, -0.05) is 11.6 Å². The van der Waals surface area contributed by atoms with Crippen molar-refractivity contribution < 1.29 is 9.11 Å². The van der Waals surface area contributed by atoms with Gasteiger partial charge in [0.1, 0.15) is 11.0 Å². The Morgan fingerprint density at radius 3 is 2.86 bits per heavy atom. The zero-order chi connectivity index (χ0) is 10.3. The number of fused-ring (bicyclic) bond motifs is 1. The third kappa shape index (κ3) is 1.21. The maximum absolute atomic E-state index is 9.57. The van der Waals surface area contributed by atoms with Gasteiger partial charge in [-0.3, -0.25) is 14.1 Å². The summed E-state index contributed by atoms with van der Waals surface area (Å²) in [6.07, 6.45) is 2.80. The van der Waals surface area contributed by atoms with Crippen molar-refractivity contribution in [1.82, 2.24) is 4.98 Å². The van der Waals surface area contributed by atoms with Crippen LogP contribution in [0.15, 0.2) is 16.5 Å². The fourth-order valence-corrected chi connectivity index (χ4v) is 2.98. The highest BCUT2D eigenvalue weighted by molar-refractivity contribution is 8.27. The third-order valence-electron chi connectivity index (χ3n) is 1.84. The van der Waals surface area contributed by atoms with Crippen LogP contribution in [0.1, 0.15) is 11.3 Å². The molecule has 0 amide bonds. The fourth-order valence-electron chi connectivity index (χ4n) is 1.19. The number of rotatable bonds is 0. The molecule has 0 unspecified atom stereocenters. The molecule has 0 saturated heterocycles. The Balaban J connectivity index is 2.74. The lowest BCUT2D eigenvalue weighted by Gasteiger charge is -2.25. The van der Waals surface area contributed by atoms with E-state index >= 15 is 0 Å². The van der Waals surface area contributed by atoms with Gasteiger partial charge >= 0.3 is 0 Å². The summed E-state index contributed by atoms with van der Waals surface area (Å²) in [6.45, 7) is 0. The SMILES string of the molecule is N#Cc1cnc2c(c1Cl)S(O)(O)C=C2. The van der Waals surface area contributed by atoms with E-state index in [1.807, 2.05) is 6.07 Å². The van der Waals surface area contributed by atoms with Gasteiger partial charge in [-0.05, 0) is 6.08 Å². The number of aromatic nitrogens is 1. The molecule has 0 aliphatic carbocycles. The molecule has 2 N–H and O–H groups in total.